The van der Waals surface area contributed by atoms with Gasteiger partial charge in [0.05, 0.1) is 32.5 Å². The number of amides is 2. The van der Waals surface area contributed by atoms with Crippen LogP contribution >= 0.6 is 23.2 Å². The van der Waals surface area contributed by atoms with Crippen molar-refractivity contribution in [2.24, 2.45) is 0 Å². The molecule has 2 aromatic carbocycles. The second kappa shape index (κ2) is 7.59. The molecule has 6 nitrogen and oxygen atoms in total. The molecular weight excluding hydrogens is 375 g/mol. The zero-order valence-corrected chi connectivity index (χ0v) is 15.2. The molecule has 0 spiro atoms. The van der Waals surface area contributed by atoms with E-state index in [1.54, 1.807) is 42.6 Å². The number of hydrazine groups is 1. The van der Waals surface area contributed by atoms with E-state index in [1.165, 1.54) is 6.92 Å². The van der Waals surface area contributed by atoms with E-state index in [9.17, 15) is 9.59 Å². The first-order valence-electron chi connectivity index (χ1n) is 7.63. The maximum absolute atomic E-state index is 12.6. The molecule has 0 fully saturated rings. The Morgan fingerprint density at radius 3 is 2.35 bits per heavy atom. The Labute approximate surface area is 159 Å². The predicted molar refractivity (Wildman–Crippen MR) is 104 cm³/mol. The second-order valence-electron chi connectivity index (χ2n) is 5.42. The number of carbonyl (C=O) groups excluding carboxylic acids is 2. The first-order valence-corrected chi connectivity index (χ1v) is 8.38. The monoisotopic (exact) mass is 388 g/mol. The molecule has 0 bridgehead atoms. The smallest absolute Gasteiger partial charge is 0.258 e. The van der Waals surface area contributed by atoms with Crippen LogP contribution in [0, 0.1) is 0 Å². The molecule has 3 N–H and O–H groups in total. The second-order valence-corrected chi connectivity index (χ2v) is 6.23. The zero-order chi connectivity index (χ0) is 18.7. The van der Waals surface area contributed by atoms with Crippen LogP contribution in [0.4, 0.5) is 11.4 Å². The number of hydrogen-bond acceptors (Lipinski definition) is 4. The molecule has 1 heterocycles. The van der Waals surface area contributed by atoms with Crippen molar-refractivity contribution in [3.8, 4) is 0 Å². The summed E-state index contributed by atoms with van der Waals surface area (Å²) in [6.07, 6.45) is 1.57. The largest absolute Gasteiger partial charge is 0.320 e. The number of anilines is 2. The average molecular weight is 389 g/mol. The molecule has 0 atom stereocenters. The highest BCUT2D eigenvalue weighted by atomic mass is 35.5. The summed E-state index contributed by atoms with van der Waals surface area (Å²) >= 11 is 12.2. The third kappa shape index (κ3) is 3.71. The number of pyridine rings is 1. The molecule has 3 aromatic rings. The van der Waals surface area contributed by atoms with Gasteiger partial charge in [0.25, 0.3) is 5.91 Å². The minimum Gasteiger partial charge on any atom is -0.320 e. The van der Waals surface area contributed by atoms with Gasteiger partial charge in [-0.2, -0.15) is 0 Å². The van der Waals surface area contributed by atoms with Crippen molar-refractivity contribution >= 4 is 57.3 Å². The summed E-state index contributed by atoms with van der Waals surface area (Å²) in [6.45, 7) is 1.40. The lowest BCUT2D eigenvalue weighted by Crippen LogP contribution is -2.26. The van der Waals surface area contributed by atoms with Crippen molar-refractivity contribution in [1.82, 2.24) is 10.4 Å². The number of halogens is 2. The Kier molecular flexibility index (Phi) is 5.25. The van der Waals surface area contributed by atoms with Gasteiger partial charge in [0.2, 0.25) is 5.91 Å². The topological polar surface area (TPSA) is 83.1 Å². The highest BCUT2D eigenvalue weighted by molar-refractivity contribution is 6.40. The number of hydrogen-bond donors (Lipinski definition) is 3. The lowest BCUT2D eigenvalue weighted by Gasteiger charge is -2.13. The summed E-state index contributed by atoms with van der Waals surface area (Å²) in [5.41, 5.74) is 7.23. The van der Waals surface area contributed by atoms with E-state index in [0.717, 1.165) is 5.39 Å². The van der Waals surface area contributed by atoms with Gasteiger partial charge in [0, 0.05) is 18.5 Å². The van der Waals surface area contributed by atoms with Crippen LogP contribution < -0.4 is 16.2 Å². The van der Waals surface area contributed by atoms with Gasteiger partial charge >= 0.3 is 0 Å². The number of para-hydroxylation sites is 1. The predicted octanol–water partition coefficient (Wildman–Crippen LogP) is 4.26. The Bertz CT molecular complexity index is 987. The fraction of sp³-hybridized carbons (Fsp3) is 0.0556. The number of fused-ring (bicyclic) bond motifs is 1. The van der Waals surface area contributed by atoms with E-state index in [2.05, 4.69) is 21.2 Å². The van der Waals surface area contributed by atoms with Crippen LogP contribution in [0.2, 0.25) is 10.0 Å². The van der Waals surface area contributed by atoms with Gasteiger partial charge in [-0.3, -0.25) is 25.4 Å². The maximum Gasteiger partial charge on any atom is 0.258 e. The van der Waals surface area contributed by atoms with E-state index in [-0.39, 0.29) is 21.5 Å². The molecule has 2 amide bonds. The van der Waals surface area contributed by atoms with E-state index < -0.39 is 5.91 Å². The molecule has 8 heteroatoms. The Morgan fingerprint density at radius 1 is 0.962 bits per heavy atom. The van der Waals surface area contributed by atoms with E-state index >= 15 is 0 Å². The fourth-order valence-electron chi connectivity index (χ4n) is 2.44. The maximum atomic E-state index is 12.6. The van der Waals surface area contributed by atoms with Gasteiger partial charge in [-0.1, -0.05) is 41.4 Å². The molecule has 0 radical (unpaired) electrons. The van der Waals surface area contributed by atoms with Crippen LogP contribution in [-0.2, 0) is 4.79 Å². The first-order chi connectivity index (χ1) is 12.5. The standard InChI is InChI=1S/C18H14Cl2N4O2/c1-10(25)23-24-14-8-9-21-17-11(14)4-2-7-15(17)22-18(26)16-12(19)5-3-6-13(16)20/h2-9H,1H3,(H,21,24)(H,22,26)(H,23,25). The normalized spacial score (nSPS) is 10.4. The van der Waals surface area contributed by atoms with Gasteiger partial charge in [-0.15, -0.1) is 0 Å². The molecule has 0 aliphatic carbocycles. The lowest BCUT2D eigenvalue weighted by molar-refractivity contribution is -0.118. The molecule has 0 unspecified atom stereocenters. The quantitative estimate of drug-likeness (QED) is 0.583. The SMILES string of the molecule is CC(=O)NNc1ccnc2c(NC(=O)c3c(Cl)cccc3Cl)cccc12. The van der Waals surface area contributed by atoms with Gasteiger partial charge in [-0.05, 0) is 24.3 Å². The molecule has 132 valence electrons. The Morgan fingerprint density at radius 2 is 1.65 bits per heavy atom. The van der Waals surface area contributed by atoms with Crippen molar-refractivity contribution in [3.05, 3.63) is 64.3 Å². The molecule has 3 rings (SSSR count). The van der Waals surface area contributed by atoms with Gasteiger partial charge in [0.15, 0.2) is 0 Å². The number of nitrogens with one attached hydrogen (secondary N) is 3. The van der Waals surface area contributed by atoms with E-state index in [1.807, 2.05) is 6.07 Å². The number of aromatic nitrogens is 1. The summed E-state index contributed by atoms with van der Waals surface area (Å²) < 4.78 is 0. The summed E-state index contributed by atoms with van der Waals surface area (Å²) in [7, 11) is 0. The van der Waals surface area contributed by atoms with Crippen molar-refractivity contribution in [3.63, 3.8) is 0 Å². The molecule has 0 saturated carbocycles. The van der Waals surface area contributed by atoms with Crippen molar-refractivity contribution in [2.75, 3.05) is 10.7 Å². The summed E-state index contributed by atoms with van der Waals surface area (Å²) in [5, 5.41) is 4.04. The van der Waals surface area contributed by atoms with Crippen LogP contribution in [0.3, 0.4) is 0 Å². The first kappa shape index (κ1) is 18.0. The van der Waals surface area contributed by atoms with Crippen molar-refractivity contribution in [1.29, 1.82) is 0 Å². The van der Waals surface area contributed by atoms with Crippen LogP contribution in [-0.4, -0.2) is 16.8 Å². The number of nitrogens with zero attached hydrogens (tertiary/aromatic N) is 1. The molecular formula is C18H14Cl2N4O2. The minimum absolute atomic E-state index is 0.195. The molecule has 0 aliphatic rings. The number of benzene rings is 2. The summed E-state index contributed by atoms with van der Waals surface area (Å²) in [5.74, 6) is -0.664. The molecule has 26 heavy (non-hydrogen) atoms. The average Bonchev–Trinajstić information content (AvgIpc) is 2.60. The van der Waals surface area contributed by atoms with Crippen molar-refractivity contribution < 1.29 is 9.59 Å². The van der Waals surface area contributed by atoms with E-state index in [4.69, 9.17) is 23.2 Å². The van der Waals surface area contributed by atoms with Crippen molar-refractivity contribution in [2.45, 2.75) is 6.92 Å². The van der Waals surface area contributed by atoms with Crippen LogP contribution in [0.25, 0.3) is 10.9 Å². The van der Waals surface area contributed by atoms with Crippen LogP contribution in [0.15, 0.2) is 48.7 Å². The Hall–Kier alpha value is -2.83. The fourth-order valence-corrected chi connectivity index (χ4v) is 3.01. The van der Waals surface area contributed by atoms with Crippen LogP contribution in [0.1, 0.15) is 17.3 Å². The van der Waals surface area contributed by atoms with Gasteiger partial charge in [-0.25, -0.2) is 0 Å². The third-order valence-corrected chi connectivity index (χ3v) is 4.21. The van der Waals surface area contributed by atoms with Gasteiger partial charge in [0.1, 0.15) is 0 Å². The number of carbonyl (C=O) groups is 2. The number of rotatable bonds is 4. The Balaban J connectivity index is 1.97. The third-order valence-electron chi connectivity index (χ3n) is 3.58. The highest BCUT2D eigenvalue weighted by Gasteiger charge is 2.16. The van der Waals surface area contributed by atoms with Crippen LogP contribution in [0.5, 0.6) is 0 Å². The summed E-state index contributed by atoms with van der Waals surface area (Å²) in [4.78, 5) is 28.1. The minimum atomic E-state index is -0.435. The molecule has 0 aliphatic heterocycles. The van der Waals surface area contributed by atoms with Gasteiger partial charge < -0.3 is 5.32 Å². The zero-order valence-electron chi connectivity index (χ0n) is 13.6. The lowest BCUT2D eigenvalue weighted by atomic mass is 10.1. The van der Waals surface area contributed by atoms with E-state index in [0.29, 0.717) is 16.9 Å². The summed E-state index contributed by atoms with van der Waals surface area (Å²) in [6, 6.07) is 11.9. The highest BCUT2D eigenvalue weighted by Crippen LogP contribution is 2.29. The molecule has 0 saturated heterocycles. The molecule has 1 aromatic heterocycles.